The predicted molar refractivity (Wildman–Crippen MR) is 94.7 cm³/mol. The average molecular weight is 358 g/mol. The fourth-order valence-corrected chi connectivity index (χ4v) is 2.65. The number of nitrogens with zero attached hydrogens (tertiary/aromatic N) is 2. The molecule has 2 aromatic carbocycles. The summed E-state index contributed by atoms with van der Waals surface area (Å²) in [6, 6.07) is 10.9. The molecule has 0 radical (unpaired) electrons. The lowest BCUT2D eigenvalue weighted by Crippen LogP contribution is -2.24. The molecule has 0 saturated carbocycles. The molecule has 2 amide bonds. The lowest BCUT2D eigenvalue weighted by atomic mass is 10.3. The fraction of sp³-hybridized carbons (Fsp3) is 0.111. The SMILES string of the molecule is Cc1c(NC(=O)Nc2cc(F)ccc2F)n(C)c(=O)n1-c1ccccc1. The second-order valence-corrected chi connectivity index (χ2v) is 5.65. The number of benzene rings is 2. The molecule has 3 aromatic rings. The van der Waals surface area contributed by atoms with Crippen molar-refractivity contribution >= 4 is 17.5 Å². The average Bonchev–Trinajstić information content (AvgIpc) is 2.82. The van der Waals surface area contributed by atoms with Gasteiger partial charge in [-0.15, -0.1) is 0 Å². The van der Waals surface area contributed by atoms with Crippen molar-refractivity contribution in [1.82, 2.24) is 9.13 Å². The van der Waals surface area contributed by atoms with Gasteiger partial charge in [0, 0.05) is 13.1 Å². The predicted octanol–water partition coefficient (Wildman–Crippen LogP) is 3.41. The van der Waals surface area contributed by atoms with Gasteiger partial charge in [-0.2, -0.15) is 0 Å². The lowest BCUT2D eigenvalue weighted by molar-refractivity contribution is 0.262. The van der Waals surface area contributed by atoms with Crippen molar-refractivity contribution in [3.8, 4) is 5.69 Å². The molecule has 0 fully saturated rings. The van der Waals surface area contributed by atoms with Crippen LogP contribution in [0.25, 0.3) is 5.69 Å². The number of aromatic nitrogens is 2. The van der Waals surface area contributed by atoms with Crippen LogP contribution in [0.5, 0.6) is 0 Å². The van der Waals surface area contributed by atoms with Crippen molar-refractivity contribution in [3.05, 3.63) is 76.3 Å². The van der Waals surface area contributed by atoms with E-state index < -0.39 is 17.7 Å². The van der Waals surface area contributed by atoms with Crippen molar-refractivity contribution in [1.29, 1.82) is 0 Å². The van der Waals surface area contributed by atoms with E-state index in [0.29, 0.717) is 11.4 Å². The molecule has 0 unspecified atom stereocenters. The summed E-state index contributed by atoms with van der Waals surface area (Å²) in [5, 5.41) is 4.74. The van der Waals surface area contributed by atoms with Gasteiger partial charge in [-0.1, -0.05) is 18.2 Å². The summed E-state index contributed by atoms with van der Waals surface area (Å²) in [5.41, 5.74) is 0.502. The first-order valence-corrected chi connectivity index (χ1v) is 7.75. The zero-order valence-corrected chi connectivity index (χ0v) is 14.1. The summed E-state index contributed by atoms with van der Waals surface area (Å²) in [6.07, 6.45) is 0. The Hall–Kier alpha value is -3.42. The number of nitrogens with one attached hydrogen (secondary N) is 2. The van der Waals surface area contributed by atoms with Crippen molar-refractivity contribution < 1.29 is 13.6 Å². The Balaban J connectivity index is 1.90. The van der Waals surface area contributed by atoms with Crippen LogP contribution in [0.15, 0.2) is 53.3 Å². The van der Waals surface area contributed by atoms with Crippen LogP contribution < -0.4 is 16.3 Å². The highest BCUT2D eigenvalue weighted by Gasteiger charge is 2.18. The second kappa shape index (κ2) is 6.83. The van der Waals surface area contributed by atoms with Crippen LogP contribution in [0.3, 0.4) is 0 Å². The van der Waals surface area contributed by atoms with Crippen LogP contribution in [0.2, 0.25) is 0 Å². The van der Waals surface area contributed by atoms with Crippen LogP contribution >= 0.6 is 0 Å². The highest BCUT2D eigenvalue weighted by atomic mass is 19.1. The zero-order chi connectivity index (χ0) is 18.8. The summed E-state index contributed by atoms with van der Waals surface area (Å²) in [7, 11) is 1.51. The number of imidazole rings is 1. The van der Waals surface area contributed by atoms with E-state index >= 15 is 0 Å². The molecular formula is C18H16F2N4O2. The number of rotatable bonds is 3. The fourth-order valence-electron chi connectivity index (χ4n) is 2.65. The number of carbonyl (C=O) groups excluding carboxylic acids is 1. The molecule has 0 spiro atoms. The van der Waals surface area contributed by atoms with Gasteiger partial charge in [0.2, 0.25) is 0 Å². The summed E-state index contributed by atoms with van der Waals surface area (Å²) in [4.78, 5) is 24.7. The first kappa shape index (κ1) is 17.4. The number of urea groups is 1. The molecule has 2 N–H and O–H groups in total. The summed E-state index contributed by atoms with van der Waals surface area (Å²) in [6.45, 7) is 1.67. The van der Waals surface area contributed by atoms with E-state index in [0.717, 1.165) is 18.2 Å². The van der Waals surface area contributed by atoms with E-state index in [1.165, 1.54) is 16.2 Å². The third-order valence-electron chi connectivity index (χ3n) is 3.91. The van der Waals surface area contributed by atoms with E-state index in [1.807, 2.05) is 6.07 Å². The number of para-hydroxylation sites is 1. The molecule has 1 aromatic heterocycles. The highest BCUT2D eigenvalue weighted by molar-refractivity contribution is 5.99. The Morgan fingerprint density at radius 3 is 2.42 bits per heavy atom. The van der Waals surface area contributed by atoms with Crippen molar-refractivity contribution in [2.45, 2.75) is 6.92 Å². The van der Waals surface area contributed by atoms with Crippen LogP contribution in [-0.4, -0.2) is 15.2 Å². The van der Waals surface area contributed by atoms with Gasteiger partial charge in [-0.3, -0.25) is 14.5 Å². The van der Waals surface area contributed by atoms with Crippen molar-refractivity contribution in [2.24, 2.45) is 7.05 Å². The third kappa shape index (κ3) is 3.21. The maximum absolute atomic E-state index is 13.6. The van der Waals surface area contributed by atoms with E-state index in [-0.39, 0.29) is 17.2 Å². The normalized spacial score (nSPS) is 10.6. The lowest BCUT2D eigenvalue weighted by Gasteiger charge is -2.10. The Morgan fingerprint density at radius 1 is 1.04 bits per heavy atom. The molecule has 0 atom stereocenters. The third-order valence-corrected chi connectivity index (χ3v) is 3.91. The molecule has 6 nitrogen and oxygen atoms in total. The molecule has 0 aliphatic carbocycles. The number of amides is 2. The van der Waals surface area contributed by atoms with Crippen LogP contribution in [-0.2, 0) is 7.05 Å². The maximum atomic E-state index is 13.6. The monoisotopic (exact) mass is 358 g/mol. The summed E-state index contributed by atoms with van der Waals surface area (Å²) in [5.74, 6) is -1.21. The molecule has 0 saturated heterocycles. The molecule has 0 aliphatic heterocycles. The Bertz CT molecular complexity index is 1030. The first-order valence-electron chi connectivity index (χ1n) is 7.75. The molecular weight excluding hydrogens is 342 g/mol. The Labute approximate surface area is 147 Å². The van der Waals surface area contributed by atoms with Crippen molar-refractivity contribution in [3.63, 3.8) is 0 Å². The van der Waals surface area contributed by atoms with Gasteiger partial charge in [0.15, 0.2) is 0 Å². The van der Waals surface area contributed by atoms with E-state index in [9.17, 15) is 18.4 Å². The second-order valence-electron chi connectivity index (χ2n) is 5.65. The van der Waals surface area contributed by atoms with Gasteiger partial charge in [0.05, 0.1) is 17.1 Å². The zero-order valence-electron chi connectivity index (χ0n) is 14.1. The minimum absolute atomic E-state index is 0.244. The van der Waals surface area contributed by atoms with Crippen LogP contribution in [0.4, 0.5) is 25.1 Å². The van der Waals surface area contributed by atoms with E-state index in [4.69, 9.17) is 0 Å². The largest absolute Gasteiger partial charge is 0.334 e. The Morgan fingerprint density at radius 2 is 1.73 bits per heavy atom. The summed E-state index contributed by atoms with van der Waals surface area (Å²) >= 11 is 0. The summed E-state index contributed by atoms with van der Waals surface area (Å²) < 4.78 is 29.6. The number of anilines is 2. The standard InChI is InChI=1S/C18H16F2N4O2/c1-11-16(22-17(25)21-15-10-12(19)8-9-14(15)20)23(2)18(26)24(11)13-6-4-3-5-7-13/h3-10H,1-2H3,(H2,21,22,25). The van der Waals surface area contributed by atoms with Gasteiger partial charge in [0.1, 0.15) is 17.5 Å². The highest BCUT2D eigenvalue weighted by Crippen LogP contribution is 2.19. The Kier molecular flexibility index (Phi) is 4.57. The minimum Gasteiger partial charge on any atom is -0.305 e. The van der Waals surface area contributed by atoms with Gasteiger partial charge in [-0.05, 0) is 31.2 Å². The molecule has 8 heteroatoms. The van der Waals surface area contributed by atoms with Crippen molar-refractivity contribution in [2.75, 3.05) is 10.6 Å². The quantitative estimate of drug-likeness (QED) is 0.753. The number of halogens is 2. The van der Waals surface area contributed by atoms with Gasteiger partial charge in [-0.25, -0.2) is 18.4 Å². The number of carbonyl (C=O) groups is 1. The van der Waals surface area contributed by atoms with Crippen LogP contribution in [0, 0.1) is 18.6 Å². The minimum atomic E-state index is -0.793. The van der Waals surface area contributed by atoms with Crippen LogP contribution in [0.1, 0.15) is 5.69 Å². The topological polar surface area (TPSA) is 68.1 Å². The molecule has 134 valence electrons. The first-order chi connectivity index (χ1) is 12.4. The smallest absolute Gasteiger partial charge is 0.305 e. The number of hydrogen-bond donors (Lipinski definition) is 2. The molecule has 1 heterocycles. The van der Waals surface area contributed by atoms with Gasteiger partial charge >= 0.3 is 11.7 Å². The van der Waals surface area contributed by atoms with E-state index in [2.05, 4.69) is 10.6 Å². The molecule has 26 heavy (non-hydrogen) atoms. The molecule has 0 aliphatic rings. The molecule has 0 bridgehead atoms. The molecule has 3 rings (SSSR count). The van der Waals surface area contributed by atoms with E-state index in [1.54, 1.807) is 31.2 Å². The maximum Gasteiger partial charge on any atom is 0.334 e. The van der Waals surface area contributed by atoms with Gasteiger partial charge < -0.3 is 5.32 Å². The van der Waals surface area contributed by atoms with Gasteiger partial charge in [0.25, 0.3) is 0 Å². The number of hydrogen-bond acceptors (Lipinski definition) is 2.